The van der Waals surface area contributed by atoms with Gasteiger partial charge < -0.3 is 20.3 Å². The summed E-state index contributed by atoms with van der Waals surface area (Å²) in [6, 6.07) is 8.52. The van der Waals surface area contributed by atoms with Gasteiger partial charge in [-0.3, -0.25) is 4.99 Å². The molecule has 0 spiro atoms. The fraction of sp³-hybridized carbons (Fsp3) is 0.412. The molecule has 1 aliphatic rings. The van der Waals surface area contributed by atoms with Crippen molar-refractivity contribution in [3.8, 4) is 5.75 Å². The van der Waals surface area contributed by atoms with Crippen molar-refractivity contribution < 1.29 is 4.74 Å². The van der Waals surface area contributed by atoms with E-state index >= 15 is 0 Å². The van der Waals surface area contributed by atoms with E-state index in [-0.39, 0.29) is 0 Å². The van der Waals surface area contributed by atoms with Crippen molar-refractivity contribution in [1.82, 2.24) is 15.6 Å². The Hall–Kier alpha value is -2.28. The first kappa shape index (κ1) is 16.6. The predicted octanol–water partition coefficient (Wildman–Crippen LogP) is 2.10. The number of nitrogens with zero attached hydrogens (tertiary/aromatic N) is 3. The molecule has 2 heterocycles. The Morgan fingerprint density at radius 2 is 2.33 bits per heavy atom. The number of aromatic nitrogens is 1. The second kappa shape index (κ2) is 8.01. The van der Waals surface area contributed by atoms with Crippen molar-refractivity contribution >= 4 is 23.0 Å². The van der Waals surface area contributed by atoms with Crippen molar-refractivity contribution in [3.05, 3.63) is 40.8 Å². The monoisotopic (exact) mass is 345 g/mol. The smallest absolute Gasteiger partial charge is 0.191 e. The van der Waals surface area contributed by atoms with Crippen molar-refractivity contribution in [3.63, 3.8) is 0 Å². The van der Waals surface area contributed by atoms with Gasteiger partial charge in [0.2, 0.25) is 0 Å². The molecular formula is C17H23N5OS. The van der Waals surface area contributed by atoms with Gasteiger partial charge in [-0.2, -0.15) is 0 Å². The molecule has 0 saturated carbocycles. The number of benzene rings is 1. The van der Waals surface area contributed by atoms with E-state index in [2.05, 4.69) is 31.6 Å². The molecule has 7 heteroatoms. The summed E-state index contributed by atoms with van der Waals surface area (Å²) in [5, 5.41) is 9.86. The fourth-order valence-corrected chi connectivity index (χ4v) is 3.43. The molecular weight excluding hydrogens is 322 g/mol. The minimum Gasteiger partial charge on any atom is -0.495 e. The summed E-state index contributed by atoms with van der Waals surface area (Å²) < 4.78 is 5.47. The Bertz CT molecular complexity index is 673. The molecule has 1 unspecified atom stereocenters. The van der Waals surface area contributed by atoms with Crippen LogP contribution < -0.4 is 20.3 Å². The van der Waals surface area contributed by atoms with Crippen LogP contribution >= 0.6 is 11.3 Å². The molecule has 3 rings (SSSR count). The van der Waals surface area contributed by atoms with Gasteiger partial charge in [-0.15, -0.1) is 11.3 Å². The van der Waals surface area contributed by atoms with E-state index in [0.29, 0.717) is 12.6 Å². The number of ether oxygens (including phenoxy) is 1. The highest BCUT2D eigenvalue weighted by molar-refractivity contribution is 7.09. The zero-order valence-corrected chi connectivity index (χ0v) is 14.8. The van der Waals surface area contributed by atoms with Crippen molar-refractivity contribution in [2.75, 3.05) is 32.1 Å². The number of rotatable bonds is 5. The zero-order valence-electron chi connectivity index (χ0n) is 14.0. The summed E-state index contributed by atoms with van der Waals surface area (Å²) in [5.41, 5.74) is 1.15. The van der Waals surface area contributed by atoms with Gasteiger partial charge in [0.15, 0.2) is 5.96 Å². The minimum absolute atomic E-state index is 0.359. The van der Waals surface area contributed by atoms with E-state index in [0.717, 1.165) is 41.9 Å². The molecule has 0 bridgehead atoms. The third-order valence-corrected chi connectivity index (χ3v) is 4.85. The van der Waals surface area contributed by atoms with Gasteiger partial charge in [0, 0.05) is 37.8 Å². The molecule has 1 aromatic heterocycles. The lowest BCUT2D eigenvalue weighted by atomic mass is 10.2. The van der Waals surface area contributed by atoms with Gasteiger partial charge in [-0.1, -0.05) is 12.1 Å². The maximum atomic E-state index is 5.47. The SMILES string of the molecule is CN=C(NCc1nccs1)NC1CCN(c2ccccc2OC)C1. The van der Waals surface area contributed by atoms with E-state index in [1.807, 2.05) is 29.8 Å². The highest BCUT2D eigenvalue weighted by Gasteiger charge is 2.25. The highest BCUT2D eigenvalue weighted by Crippen LogP contribution is 2.30. The maximum Gasteiger partial charge on any atom is 0.191 e. The van der Waals surface area contributed by atoms with Crippen LogP contribution in [-0.2, 0) is 6.54 Å². The number of hydrogen-bond acceptors (Lipinski definition) is 5. The molecule has 0 aliphatic carbocycles. The van der Waals surface area contributed by atoms with Crippen LogP contribution in [0, 0.1) is 0 Å². The van der Waals surface area contributed by atoms with Gasteiger partial charge in [0.05, 0.1) is 19.3 Å². The van der Waals surface area contributed by atoms with E-state index < -0.39 is 0 Å². The lowest BCUT2D eigenvalue weighted by Gasteiger charge is -2.22. The van der Waals surface area contributed by atoms with Crippen LogP contribution in [0.5, 0.6) is 5.75 Å². The van der Waals surface area contributed by atoms with E-state index in [4.69, 9.17) is 4.74 Å². The molecule has 2 N–H and O–H groups in total. The average molecular weight is 345 g/mol. The second-order valence-corrected chi connectivity index (χ2v) is 6.58. The highest BCUT2D eigenvalue weighted by atomic mass is 32.1. The number of guanidine groups is 1. The second-order valence-electron chi connectivity index (χ2n) is 5.60. The molecule has 0 amide bonds. The summed E-state index contributed by atoms with van der Waals surface area (Å²) in [6.45, 7) is 2.63. The quantitative estimate of drug-likeness (QED) is 0.642. The largest absolute Gasteiger partial charge is 0.495 e. The Morgan fingerprint density at radius 1 is 1.46 bits per heavy atom. The van der Waals surface area contributed by atoms with E-state index in [9.17, 15) is 0 Å². The minimum atomic E-state index is 0.359. The van der Waals surface area contributed by atoms with Gasteiger partial charge in [0.25, 0.3) is 0 Å². The van der Waals surface area contributed by atoms with Crippen molar-refractivity contribution in [1.29, 1.82) is 0 Å². The molecule has 128 valence electrons. The summed E-state index contributed by atoms with van der Waals surface area (Å²) in [5.74, 6) is 1.74. The molecule has 1 aliphatic heterocycles. The first-order valence-corrected chi connectivity index (χ1v) is 8.91. The molecule has 6 nitrogen and oxygen atoms in total. The van der Waals surface area contributed by atoms with Crippen LogP contribution in [0.1, 0.15) is 11.4 Å². The molecule has 1 fully saturated rings. The first-order chi connectivity index (χ1) is 11.8. The predicted molar refractivity (Wildman–Crippen MR) is 99.1 cm³/mol. The molecule has 1 aromatic carbocycles. The zero-order chi connectivity index (χ0) is 16.8. The summed E-state index contributed by atoms with van der Waals surface area (Å²) in [7, 11) is 3.51. The number of nitrogens with one attached hydrogen (secondary N) is 2. The van der Waals surface area contributed by atoms with Crippen molar-refractivity contribution in [2.45, 2.75) is 19.0 Å². The molecule has 24 heavy (non-hydrogen) atoms. The number of anilines is 1. The van der Waals surface area contributed by atoms with E-state index in [1.54, 1.807) is 25.5 Å². The molecule has 0 radical (unpaired) electrons. The number of methoxy groups -OCH3 is 1. The Morgan fingerprint density at radius 3 is 3.08 bits per heavy atom. The summed E-state index contributed by atoms with van der Waals surface area (Å²) in [6.07, 6.45) is 2.88. The van der Waals surface area contributed by atoms with Crippen LogP contribution in [0.25, 0.3) is 0 Å². The van der Waals surface area contributed by atoms with Gasteiger partial charge in [-0.25, -0.2) is 4.98 Å². The van der Waals surface area contributed by atoms with Crippen molar-refractivity contribution in [2.24, 2.45) is 4.99 Å². The third kappa shape index (κ3) is 3.97. The Balaban J connectivity index is 1.55. The van der Waals surface area contributed by atoms with Crippen LogP contribution in [0.3, 0.4) is 0 Å². The van der Waals surface area contributed by atoms with Crippen LogP contribution in [-0.4, -0.2) is 44.2 Å². The average Bonchev–Trinajstić information content (AvgIpc) is 3.30. The number of thiazole rings is 1. The van der Waals surface area contributed by atoms with Gasteiger partial charge in [0.1, 0.15) is 10.8 Å². The third-order valence-electron chi connectivity index (χ3n) is 4.07. The lowest BCUT2D eigenvalue weighted by Crippen LogP contribution is -2.44. The summed E-state index contributed by atoms with van der Waals surface area (Å²) in [4.78, 5) is 10.9. The number of hydrogen-bond donors (Lipinski definition) is 2. The van der Waals surface area contributed by atoms with Gasteiger partial charge in [-0.05, 0) is 18.6 Å². The van der Waals surface area contributed by atoms with Crippen LogP contribution in [0.4, 0.5) is 5.69 Å². The topological polar surface area (TPSA) is 61.8 Å². The normalized spacial score (nSPS) is 17.8. The molecule has 1 saturated heterocycles. The number of aliphatic imine (C=N–C) groups is 1. The standard InChI is InChI=1S/C17H23N5OS/c1-18-17(20-11-16-19-8-10-24-16)21-13-7-9-22(12-13)14-5-3-4-6-15(14)23-2/h3-6,8,10,13H,7,9,11-12H2,1-2H3,(H2,18,20,21). The lowest BCUT2D eigenvalue weighted by molar-refractivity contribution is 0.415. The fourth-order valence-electron chi connectivity index (χ4n) is 2.88. The first-order valence-electron chi connectivity index (χ1n) is 8.03. The van der Waals surface area contributed by atoms with Crippen LogP contribution in [0.15, 0.2) is 40.8 Å². The van der Waals surface area contributed by atoms with E-state index in [1.165, 1.54) is 0 Å². The van der Waals surface area contributed by atoms with Gasteiger partial charge >= 0.3 is 0 Å². The summed E-state index contributed by atoms with van der Waals surface area (Å²) >= 11 is 1.64. The Labute approximate surface area is 146 Å². The number of para-hydroxylation sites is 2. The maximum absolute atomic E-state index is 5.47. The molecule has 2 aromatic rings. The van der Waals surface area contributed by atoms with Crippen LogP contribution in [0.2, 0.25) is 0 Å². The Kier molecular flexibility index (Phi) is 5.53. The molecule has 1 atom stereocenters.